The molecule has 0 spiro atoms. The number of carbonyl (C=O) groups is 1. The average molecular weight is 225 g/mol. The lowest BCUT2D eigenvalue weighted by Gasteiger charge is -2.42. The minimum absolute atomic E-state index is 0.250. The van der Waals surface area contributed by atoms with Gasteiger partial charge < -0.3 is 10.4 Å². The summed E-state index contributed by atoms with van der Waals surface area (Å²) >= 11 is 0. The first-order valence-corrected chi connectivity index (χ1v) is 6.53. The Morgan fingerprint density at radius 3 is 2.56 bits per heavy atom. The summed E-state index contributed by atoms with van der Waals surface area (Å²) in [5.41, 5.74) is -0.653. The van der Waals surface area contributed by atoms with Crippen LogP contribution >= 0.6 is 0 Å². The van der Waals surface area contributed by atoms with E-state index in [0.29, 0.717) is 5.92 Å². The Morgan fingerprint density at radius 1 is 1.31 bits per heavy atom. The van der Waals surface area contributed by atoms with Crippen molar-refractivity contribution in [1.82, 2.24) is 5.32 Å². The molecule has 0 saturated heterocycles. The summed E-state index contributed by atoms with van der Waals surface area (Å²) in [6, 6.07) is 0. The lowest BCUT2D eigenvalue weighted by molar-refractivity contribution is -0.150. The van der Waals surface area contributed by atoms with Gasteiger partial charge in [-0.05, 0) is 50.0 Å². The molecule has 0 bridgehead atoms. The number of carboxylic acids is 1. The van der Waals surface area contributed by atoms with Crippen molar-refractivity contribution in [2.45, 2.75) is 51.5 Å². The summed E-state index contributed by atoms with van der Waals surface area (Å²) in [4.78, 5) is 11.6. The van der Waals surface area contributed by atoms with Crippen LogP contribution in [0.5, 0.6) is 0 Å². The molecule has 2 saturated carbocycles. The van der Waals surface area contributed by atoms with Gasteiger partial charge in [-0.15, -0.1) is 0 Å². The van der Waals surface area contributed by atoms with Gasteiger partial charge in [0.05, 0.1) is 0 Å². The van der Waals surface area contributed by atoms with Gasteiger partial charge in [0.2, 0.25) is 0 Å². The highest BCUT2D eigenvalue weighted by molar-refractivity contribution is 5.79. The van der Waals surface area contributed by atoms with Crippen LogP contribution in [0.1, 0.15) is 46.0 Å². The summed E-state index contributed by atoms with van der Waals surface area (Å²) in [6.07, 6.45) is 5.53. The molecule has 0 aromatic rings. The third kappa shape index (κ3) is 2.24. The van der Waals surface area contributed by atoms with Crippen LogP contribution in [0, 0.1) is 17.8 Å². The Kier molecular flexibility index (Phi) is 3.24. The fourth-order valence-electron chi connectivity index (χ4n) is 2.90. The molecule has 3 nitrogen and oxygen atoms in total. The van der Waals surface area contributed by atoms with Gasteiger partial charge in [0, 0.05) is 0 Å². The standard InChI is InChI=1S/C13H23NO2/c1-9-3-4-10(2)13(7-9,12(15)16)14-8-11-5-6-11/h9-11,14H,3-8H2,1-2H3,(H,15,16). The summed E-state index contributed by atoms with van der Waals surface area (Å²) in [5, 5.41) is 12.9. The maximum absolute atomic E-state index is 11.6. The van der Waals surface area contributed by atoms with Crippen molar-refractivity contribution in [2.75, 3.05) is 6.54 Å². The van der Waals surface area contributed by atoms with E-state index in [4.69, 9.17) is 0 Å². The minimum atomic E-state index is -0.653. The number of rotatable bonds is 4. The van der Waals surface area contributed by atoms with Gasteiger partial charge in [-0.1, -0.05) is 20.3 Å². The second kappa shape index (κ2) is 4.36. The van der Waals surface area contributed by atoms with Gasteiger partial charge in [0.1, 0.15) is 5.54 Å². The molecular formula is C13H23NO2. The van der Waals surface area contributed by atoms with E-state index in [1.807, 2.05) is 0 Å². The largest absolute Gasteiger partial charge is 0.480 e. The van der Waals surface area contributed by atoms with Crippen molar-refractivity contribution in [1.29, 1.82) is 0 Å². The molecule has 3 heteroatoms. The molecule has 0 radical (unpaired) electrons. The van der Waals surface area contributed by atoms with Crippen LogP contribution < -0.4 is 5.32 Å². The van der Waals surface area contributed by atoms with Crippen molar-refractivity contribution in [3.05, 3.63) is 0 Å². The SMILES string of the molecule is CC1CCC(C)C(NCC2CC2)(C(=O)O)C1. The highest BCUT2D eigenvalue weighted by Gasteiger charge is 2.47. The molecule has 0 aromatic heterocycles. The minimum Gasteiger partial charge on any atom is -0.480 e. The molecular weight excluding hydrogens is 202 g/mol. The smallest absolute Gasteiger partial charge is 0.324 e. The molecule has 92 valence electrons. The van der Waals surface area contributed by atoms with E-state index in [0.717, 1.165) is 25.3 Å². The summed E-state index contributed by atoms with van der Waals surface area (Å²) in [5.74, 6) is 0.867. The molecule has 2 aliphatic rings. The lowest BCUT2D eigenvalue weighted by Crippen LogP contribution is -2.59. The Bertz CT molecular complexity index is 275. The Morgan fingerprint density at radius 2 is 2.00 bits per heavy atom. The first-order chi connectivity index (χ1) is 7.54. The number of aliphatic carboxylic acids is 1. The molecule has 16 heavy (non-hydrogen) atoms. The number of hydrogen-bond acceptors (Lipinski definition) is 2. The van der Waals surface area contributed by atoms with Crippen LogP contribution in [0.15, 0.2) is 0 Å². The third-order valence-electron chi connectivity index (χ3n) is 4.39. The Labute approximate surface area is 97.6 Å². The van der Waals surface area contributed by atoms with E-state index >= 15 is 0 Å². The van der Waals surface area contributed by atoms with E-state index in [-0.39, 0.29) is 5.92 Å². The number of nitrogens with one attached hydrogen (secondary N) is 1. The fourth-order valence-corrected chi connectivity index (χ4v) is 2.90. The molecule has 0 aromatic carbocycles. The molecule has 2 aliphatic carbocycles. The van der Waals surface area contributed by atoms with Crippen LogP contribution in [-0.4, -0.2) is 23.2 Å². The first kappa shape index (κ1) is 11.9. The van der Waals surface area contributed by atoms with Crippen molar-refractivity contribution in [3.63, 3.8) is 0 Å². The molecule has 2 N–H and O–H groups in total. The van der Waals surface area contributed by atoms with E-state index in [1.54, 1.807) is 0 Å². The van der Waals surface area contributed by atoms with Crippen molar-refractivity contribution >= 4 is 5.97 Å². The average Bonchev–Trinajstić information content (AvgIpc) is 3.03. The zero-order valence-corrected chi connectivity index (χ0v) is 10.3. The number of hydrogen-bond donors (Lipinski definition) is 2. The van der Waals surface area contributed by atoms with Crippen LogP contribution in [0.25, 0.3) is 0 Å². The summed E-state index contributed by atoms with van der Waals surface area (Å²) in [6.45, 7) is 5.14. The molecule has 2 fully saturated rings. The van der Waals surface area contributed by atoms with E-state index in [1.165, 1.54) is 19.3 Å². The maximum atomic E-state index is 11.6. The summed E-state index contributed by atoms with van der Waals surface area (Å²) in [7, 11) is 0. The van der Waals surface area contributed by atoms with E-state index < -0.39 is 11.5 Å². The molecule has 3 unspecified atom stereocenters. The lowest BCUT2D eigenvalue weighted by atomic mass is 9.69. The Hall–Kier alpha value is -0.570. The van der Waals surface area contributed by atoms with Gasteiger partial charge in [-0.3, -0.25) is 4.79 Å². The predicted octanol–water partition coefficient (Wildman–Crippen LogP) is 2.27. The monoisotopic (exact) mass is 225 g/mol. The van der Waals surface area contributed by atoms with E-state index in [2.05, 4.69) is 19.2 Å². The molecule has 2 rings (SSSR count). The van der Waals surface area contributed by atoms with Crippen molar-refractivity contribution < 1.29 is 9.90 Å². The second-order valence-electron chi connectivity index (χ2n) is 5.89. The van der Waals surface area contributed by atoms with Crippen molar-refractivity contribution in [3.8, 4) is 0 Å². The molecule has 0 heterocycles. The van der Waals surface area contributed by atoms with E-state index in [9.17, 15) is 9.90 Å². The first-order valence-electron chi connectivity index (χ1n) is 6.53. The normalized spacial score (nSPS) is 39.6. The van der Waals surface area contributed by atoms with Crippen LogP contribution in [0.2, 0.25) is 0 Å². The zero-order chi connectivity index (χ0) is 11.8. The highest BCUT2D eigenvalue weighted by Crippen LogP contribution is 2.38. The predicted molar refractivity (Wildman–Crippen MR) is 63.3 cm³/mol. The molecule has 3 atom stereocenters. The maximum Gasteiger partial charge on any atom is 0.324 e. The number of carboxylic acid groups (broad SMARTS) is 1. The van der Waals surface area contributed by atoms with Gasteiger partial charge in [-0.25, -0.2) is 0 Å². The van der Waals surface area contributed by atoms with Gasteiger partial charge >= 0.3 is 5.97 Å². The van der Waals surface area contributed by atoms with Crippen LogP contribution in [0.3, 0.4) is 0 Å². The second-order valence-corrected chi connectivity index (χ2v) is 5.89. The summed E-state index contributed by atoms with van der Waals surface area (Å²) < 4.78 is 0. The van der Waals surface area contributed by atoms with Crippen LogP contribution in [-0.2, 0) is 4.79 Å². The van der Waals surface area contributed by atoms with Crippen LogP contribution in [0.4, 0.5) is 0 Å². The van der Waals surface area contributed by atoms with Gasteiger partial charge in [0.25, 0.3) is 0 Å². The highest BCUT2D eigenvalue weighted by atomic mass is 16.4. The van der Waals surface area contributed by atoms with Gasteiger partial charge in [0.15, 0.2) is 0 Å². The van der Waals surface area contributed by atoms with Gasteiger partial charge in [-0.2, -0.15) is 0 Å². The van der Waals surface area contributed by atoms with Crippen molar-refractivity contribution in [2.24, 2.45) is 17.8 Å². The Balaban J connectivity index is 2.07. The molecule has 0 aliphatic heterocycles. The fraction of sp³-hybridized carbons (Fsp3) is 0.923. The third-order valence-corrected chi connectivity index (χ3v) is 4.39. The molecule has 0 amide bonds. The quantitative estimate of drug-likeness (QED) is 0.771. The topological polar surface area (TPSA) is 49.3 Å². The zero-order valence-electron chi connectivity index (χ0n) is 10.3.